The molecule has 0 spiro atoms. The minimum absolute atomic E-state index is 0.174. The first kappa shape index (κ1) is 15.6. The summed E-state index contributed by atoms with van der Waals surface area (Å²) in [6.45, 7) is 4.46. The number of benzene rings is 1. The van der Waals surface area contributed by atoms with Crippen molar-refractivity contribution in [2.24, 2.45) is 0 Å². The Morgan fingerprint density at radius 2 is 2.17 bits per heavy atom. The molecule has 23 heavy (non-hydrogen) atoms. The third-order valence-corrected chi connectivity index (χ3v) is 4.55. The van der Waals surface area contributed by atoms with Crippen LogP contribution in [0.5, 0.6) is 0 Å². The number of rotatable bonds is 4. The number of hydrogen-bond acceptors (Lipinski definition) is 4. The van der Waals surface area contributed by atoms with E-state index >= 15 is 0 Å². The van der Waals surface area contributed by atoms with Gasteiger partial charge in [-0.15, -0.1) is 11.3 Å². The summed E-state index contributed by atoms with van der Waals surface area (Å²) in [6.07, 6.45) is 0.797. The highest BCUT2D eigenvalue weighted by Crippen LogP contribution is 2.27. The lowest BCUT2D eigenvalue weighted by molar-refractivity contribution is 0.220. The van der Waals surface area contributed by atoms with Gasteiger partial charge < -0.3 is 9.32 Å². The molecule has 0 unspecified atom stereocenters. The summed E-state index contributed by atoms with van der Waals surface area (Å²) >= 11 is 1.43. The Hall–Kier alpha value is -2.34. The second-order valence-corrected chi connectivity index (χ2v) is 6.29. The van der Waals surface area contributed by atoms with Gasteiger partial charge in [0.1, 0.15) is 11.3 Å². The Balaban J connectivity index is 1.79. The molecule has 0 aliphatic rings. The Labute approximate surface area is 138 Å². The molecule has 0 radical (unpaired) electrons. The van der Waals surface area contributed by atoms with Crippen LogP contribution in [0.15, 0.2) is 34.1 Å². The van der Waals surface area contributed by atoms with E-state index in [0.717, 1.165) is 34.4 Å². The number of thiazole rings is 1. The van der Waals surface area contributed by atoms with Gasteiger partial charge in [-0.05, 0) is 13.0 Å². The Morgan fingerprint density at radius 3 is 2.87 bits per heavy atom. The van der Waals surface area contributed by atoms with Gasteiger partial charge in [-0.2, -0.15) is 0 Å². The standard InChI is InChI=1S/C17H19N3O2S/c1-4-14-13(12-7-5-6-8-15(12)22-14)9-20(3)17(21)19-16-18-11(2)10-23-16/h5-8,10H,4,9H2,1-3H3,(H,18,19,21). The normalized spacial score (nSPS) is 10.9. The minimum atomic E-state index is -0.174. The van der Waals surface area contributed by atoms with Crippen molar-refractivity contribution in [1.29, 1.82) is 0 Å². The van der Waals surface area contributed by atoms with Crippen molar-refractivity contribution < 1.29 is 9.21 Å². The number of nitrogens with zero attached hydrogens (tertiary/aromatic N) is 2. The van der Waals surface area contributed by atoms with Gasteiger partial charge >= 0.3 is 6.03 Å². The summed E-state index contributed by atoms with van der Waals surface area (Å²) in [4.78, 5) is 18.2. The van der Waals surface area contributed by atoms with E-state index in [-0.39, 0.29) is 6.03 Å². The number of para-hydroxylation sites is 1. The number of aryl methyl sites for hydroxylation is 2. The monoisotopic (exact) mass is 329 g/mol. The maximum atomic E-state index is 12.3. The predicted octanol–water partition coefficient (Wildman–Crippen LogP) is 4.42. The average Bonchev–Trinajstić information content (AvgIpc) is 3.11. The van der Waals surface area contributed by atoms with Gasteiger partial charge in [0.25, 0.3) is 0 Å². The van der Waals surface area contributed by atoms with Crippen LogP contribution >= 0.6 is 11.3 Å². The second-order valence-electron chi connectivity index (χ2n) is 5.43. The summed E-state index contributed by atoms with van der Waals surface area (Å²) in [5.41, 5.74) is 2.84. The number of carbonyl (C=O) groups is 1. The van der Waals surface area contributed by atoms with Gasteiger partial charge in [0, 0.05) is 29.8 Å². The highest BCUT2D eigenvalue weighted by atomic mass is 32.1. The lowest BCUT2D eigenvalue weighted by Crippen LogP contribution is -2.31. The molecular formula is C17H19N3O2S. The fourth-order valence-corrected chi connectivity index (χ4v) is 3.19. The van der Waals surface area contributed by atoms with E-state index in [1.54, 1.807) is 11.9 Å². The zero-order chi connectivity index (χ0) is 16.4. The first-order valence-electron chi connectivity index (χ1n) is 7.52. The predicted molar refractivity (Wildman–Crippen MR) is 92.9 cm³/mol. The fourth-order valence-electron chi connectivity index (χ4n) is 2.52. The lowest BCUT2D eigenvalue weighted by atomic mass is 10.1. The molecular weight excluding hydrogens is 310 g/mol. The van der Waals surface area contributed by atoms with Crippen molar-refractivity contribution in [3.63, 3.8) is 0 Å². The highest BCUT2D eigenvalue weighted by Gasteiger charge is 2.17. The number of anilines is 1. The molecule has 0 saturated carbocycles. The number of hydrogen-bond donors (Lipinski definition) is 1. The molecule has 1 N–H and O–H groups in total. The first-order chi connectivity index (χ1) is 11.1. The van der Waals surface area contributed by atoms with Crippen LogP contribution in [0.3, 0.4) is 0 Å². The van der Waals surface area contributed by atoms with Crippen molar-refractivity contribution in [3.05, 3.63) is 46.7 Å². The van der Waals surface area contributed by atoms with Gasteiger partial charge in [0.05, 0.1) is 12.2 Å². The number of nitrogens with one attached hydrogen (secondary N) is 1. The molecule has 2 aromatic heterocycles. The summed E-state index contributed by atoms with van der Waals surface area (Å²) < 4.78 is 5.88. The molecule has 0 atom stereocenters. The second kappa shape index (κ2) is 6.42. The van der Waals surface area contributed by atoms with Crippen LogP contribution in [-0.2, 0) is 13.0 Å². The molecule has 5 nitrogen and oxygen atoms in total. The Morgan fingerprint density at radius 1 is 1.39 bits per heavy atom. The molecule has 6 heteroatoms. The summed E-state index contributed by atoms with van der Waals surface area (Å²) in [5.74, 6) is 0.927. The third kappa shape index (κ3) is 3.22. The molecule has 0 aliphatic carbocycles. The molecule has 0 aliphatic heterocycles. The highest BCUT2D eigenvalue weighted by molar-refractivity contribution is 7.13. The largest absolute Gasteiger partial charge is 0.461 e. The molecule has 0 bridgehead atoms. The SMILES string of the molecule is CCc1oc2ccccc2c1CN(C)C(=O)Nc1nc(C)cs1. The van der Waals surface area contributed by atoms with Crippen LogP contribution < -0.4 is 5.32 Å². The minimum Gasteiger partial charge on any atom is -0.461 e. The van der Waals surface area contributed by atoms with Gasteiger partial charge in [-0.1, -0.05) is 25.1 Å². The molecule has 2 amide bonds. The van der Waals surface area contributed by atoms with Crippen LogP contribution in [0, 0.1) is 6.92 Å². The van der Waals surface area contributed by atoms with Gasteiger partial charge in [-0.3, -0.25) is 5.32 Å². The number of carbonyl (C=O) groups excluding carboxylic acids is 1. The quantitative estimate of drug-likeness (QED) is 0.770. The number of furan rings is 1. The van der Waals surface area contributed by atoms with Gasteiger partial charge in [0.15, 0.2) is 5.13 Å². The molecule has 0 saturated heterocycles. The Bertz CT molecular complexity index is 837. The maximum Gasteiger partial charge on any atom is 0.323 e. The van der Waals surface area contributed by atoms with Crippen molar-refractivity contribution in [3.8, 4) is 0 Å². The molecule has 120 valence electrons. The zero-order valence-corrected chi connectivity index (χ0v) is 14.2. The lowest BCUT2D eigenvalue weighted by Gasteiger charge is -2.17. The average molecular weight is 329 g/mol. The van der Waals surface area contributed by atoms with Crippen molar-refractivity contribution in [2.75, 3.05) is 12.4 Å². The summed E-state index contributed by atoms with van der Waals surface area (Å²) in [6, 6.07) is 7.75. The van der Waals surface area contributed by atoms with E-state index in [9.17, 15) is 4.79 Å². The molecule has 3 rings (SSSR count). The number of amides is 2. The van der Waals surface area contributed by atoms with Gasteiger partial charge in [0.2, 0.25) is 0 Å². The molecule has 0 fully saturated rings. The van der Waals surface area contributed by atoms with E-state index in [4.69, 9.17) is 4.42 Å². The molecule has 3 aromatic rings. The first-order valence-corrected chi connectivity index (χ1v) is 8.40. The summed E-state index contributed by atoms with van der Waals surface area (Å²) in [7, 11) is 1.77. The van der Waals surface area contributed by atoms with Crippen LogP contribution in [0.1, 0.15) is 23.9 Å². The van der Waals surface area contributed by atoms with E-state index in [2.05, 4.69) is 17.2 Å². The summed E-state index contributed by atoms with van der Waals surface area (Å²) in [5, 5.41) is 6.42. The van der Waals surface area contributed by atoms with Crippen molar-refractivity contribution in [1.82, 2.24) is 9.88 Å². The van der Waals surface area contributed by atoms with Crippen molar-refractivity contribution in [2.45, 2.75) is 26.8 Å². The third-order valence-electron chi connectivity index (χ3n) is 3.68. The Kier molecular flexibility index (Phi) is 4.34. The maximum absolute atomic E-state index is 12.3. The number of fused-ring (bicyclic) bond motifs is 1. The zero-order valence-electron chi connectivity index (χ0n) is 13.4. The van der Waals surface area contributed by atoms with Crippen LogP contribution in [0.2, 0.25) is 0 Å². The van der Waals surface area contributed by atoms with Crippen LogP contribution in [0.25, 0.3) is 11.0 Å². The van der Waals surface area contributed by atoms with E-state index in [0.29, 0.717) is 11.7 Å². The van der Waals surface area contributed by atoms with Crippen LogP contribution in [-0.4, -0.2) is 23.0 Å². The van der Waals surface area contributed by atoms with E-state index < -0.39 is 0 Å². The number of aromatic nitrogens is 1. The van der Waals surface area contributed by atoms with E-state index in [1.807, 2.05) is 36.6 Å². The number of urea groups is 1. The van der Waals surface area contributed by atoms with Crippen LogP contribution in [0.4, 0.5) is 9.93 Å². The van der Waals surface area contributed by atoms with Gasteiger partial charge in [-0.25, -0.2) is 9.78 Å². The fraction of sp³-hybridized carbons (Fsp3) is 0.294. The topological polar surface area (TPSA) is 58.4 Å². The van der Waals surface area contributed by atoms with E-state index in [1.165, 1.54) is 11.3 Å². The molecule has 2 heterocycles. The molecule has 1 aromatic carbocycles. The smallest absolute Gasteiger partial charge is 0.323 e. The van der Waals surface area contributed by atoms with Crippen molar-refractivity contribution >= 4 is 33.5 Å².